The van der Waals surface area contributed by atoms with E-state index in [-0.39, 0.29) is 0 Å². The first-order chi connectivity index (χ1) is 10.1. The average molecular weight is 305 g/mol. The van der Waals surface area contributed by atoms with Gasteiger partial charge in [0.25, 0.3) is 11.9 Å². The van der Waals surface area contributed by atoms with Gasteiger partial charge in [-0.25, -0.2) is 9.36 Å². The van der Waals surface area contributed by atoms with Gasteiger partial charge in [0.05, 0.1) is 16.4 Å². The molecule has 0 aliphatic rings. The highest BCUT2D eigenvalue weighted by atomic mass is 35.5. The molecule has 0 unspecified atom stereocenters. The zero-order chi connectivity index (χ0) is 15.0. The molecule has 0 radical (unpaired) electrons. The van der Waals surface area contributed by atoms with Gasteiger partial charge in [-0.2, -0.15) is 25.1 Å². The molecule has 3 aromatic heterocycles. The molecule has 0 spiro atoms. The molecule has 108 valence electrons. The topological polar surface area (TPSA) is 86.3 Å². The van der Waals surface area contributed by atoms with Crippen LogP contribution in [-0.4, -0.2) is 41.6 Å². The molecule has 3 heterocycles. The van der Waals surface area contributed by atoms with Gasteiger partial charge in [-0.3, -0.25) is 0 Å². The van der Waals surface area contributed by atoms with Crippen LogP contribution < -0.4 is 5.32 Å². The van der Waals surface area contributed by atoms with Gasteiger partial charge in [0.1, 0.15) is 0 Å². The van der Waals surface area contributed by atoms with E-state index in [4.69, 9.17) is 11.6 Å². The van der Waals surface area contributed by atoms with Crippen molar-refractivity contribution in [2.24, 2.45) is 0 Å². The number of hydrogen-bond acceptors (Lipinski definition) is 6. The normalized spacial score (nSPS) is 10.9. The Morgan fingerprint density at radius 2 is 1.90 bits per heavy atom. The summed E-state index contributed by atoms with van der Waals surface area (Å²) < 4.78 is 3.15. The fraction of sp³-hybridized carbons (Fsp3) is 0.250. The summed E-state index contributed by atoms with van der Waals surface area (Å²) in [6.07, 6.45) is 3.41. The molecule has 3 rings (SSSR count). The molecule has 9 heteroatoms. The SMILES string of the molecule is CNc1nc(-n2cccn2)nc(-n2nc(C)c(Cl)c2C)n1. The third-order valence-electron chi connectivity index (χ3n) is 2.94. The second kappa shape index (κ2) is 5.13. The van der Waals surface area contributed by atoms with Crippen LogP contribution in [0.3, 0.4) is 0 Å². The average Bonchev–Trinajstić information content (AvgIpc) is 3.12. The van der Waals surface area contributed by atoms with Gasteiger partial charge >= 0.3 is 0 Å². The maximum Gasteiger partial charge on any atom is 0.257 e. The molecule has 0 saturated carbocycles. The van der Waals surface area contributed by atoms with Crippen molar-refractivity contribution in [3.05, 3.63) is 34.9 Å². The minimum Gasteiger partial charge on any atom is -0.357 e. The monoisotopic (exact) mass is 304 g/mol. The summed E-state index contributed by atoms with van der Waals surface area (Å²) in [5, 5.41) is 12.0. The van der Waals surface area contributed by atoms with Crippen molar-refractivity contribution in [1.29, 1.82) is 0 Å². The van der Waals surface area contributed by atoms with Crippen LogP contribution in [-0.2, 0) is 0 Å². The Bertz CT molecular complexity index is 777. The van der Waals surface area contributed by atoms with Gasteiger partial charge in [-0.15, -0.1) is 0 Å². The lowest BCUT2D eigenvalue weighted by Gasteiger charge is -2.07. The van der Waals surface area contributed by atoms with E-state index < -0.39 is 0 Å². The van der Waals surface area contributed by atoms with Gasteiger partial charge in [0.15, 0.2) is 0 Å². The third kappa shape index (κ3) is 2.33. The largest absolute Gasteiger partial charge is 0.357 e. The molecule has 0 amide bonds. The minimum atomic E-state index is 0.382. The molecule has 0 aliphatic carbocycles. The zero-order valence-electron chi connectivity index (χ0n) is 11.7. The first-order valence-electron chi connectivity index (χ1n) is 6.26. The summed E-state index contributed by atoms with van der Waals surface area (Å²) >= 11 is 6.17. The van der Waals surface area contributed by atoms with Crippen molar-refractivity contribution in [1.82, 2.24) is 34.5 Å². The van der Waals surface area contributed by atoms with Crippen LogP contribution in [0.15, 0.2) is 18.5 Å². The van der Waals surface area contributed by atoms with Crippen LogP contribution in [0.1, 0.15) is 11.4 Å². The quantitative estimate of drug-likeness (QED) is 0.790. The number of halogens is 1. The first-order valence-corrected chi connectivity index (χ1v) is 6.64. The molecule has 0 atom stereocenters. The van der Waals surface area contributed by atoms with Crippen molar-refractivity contribution in [3.8, 4) is 11.9 Å². The summed E-state index contributed by atoms with van der Waals surface area (Å²) in [5.41, 5.74) is 1.50. The highest BCUT2D eigenvalue weighted by Gasteiger charge is 2.15. The number of rotatable bonds is 3. The molecule has 8 nitrogen and oxygen atoms in total. The highest BCUT2D eigenvalue weighted by Crippen LogP contribution is 2.21. The molecule has 0 bridgehead atoms. The fourth-order valence-electron chi connectivity index (χ4n) is 1.87. The van der Waals surface area contributed by atoms with E-state index in [1.54, 1.807) is 34.9 Å². The molecule has 3 aromatic rings. The summed E-state index contributed by atoms with van der Waals surface area (Å²) in [6, 6.07) is 1.79. The van der Waals surface area contributed by atoms with Crippen LogP contribution in [0.25, 0.3) is 11.9 Å². The predicted molar refractivity (Wildman–Crippen MR) is 78.1 cm³/mol. The summed E-state index contributed by atoms with van der Waals surface area (Å²) in [5.74, 6) is 1.21. The van der Waals surface area contributed by atoms with E-state index >= 15 is 0 Å². The second-order valence-corrected chi connectivity index (χ2v) is 4.73. The van der Waals surface area contributed by atoms with Crippen LogP contribution in [0.2, 0.25) is 5.02 Å². The fourth-order valence-corrected chi connectivity index (χ4v) is 1.99. The molecular weight excluding hydrogens is 292 g/mol. The Hall–Kier alpha value is -2.48. The van der Waals surface area contributed by atoms with Crippen molar-refractivity contribution in [3.63, 3.8) is 0 Å². The number of nitrogens with one attached hydrogen (secondary N) is 1. The molecule has 0 aromatic carbocycles. The Morgan fingerprint density at radius 3 is 2.48 bits per heavy atom. The number of nitrogens with zero attached hydrogens (tertiary/aromatic N) is 7. The Morgan fingerprint density at radius 1 is 1.14 bits per heavy atom. The maximum atomic E-state index is 6.17. The number of aryl methyl sites for hydroxylation is 1. The zero-order valence-corrected chi connectivity index (χ0v) is 12.5. The van der Waals surface area contributed by atoms with E-state index in [0.717, 1.165) is 11.4 Å². The highest BCUT2D eigenvalue weighted by molar-refractivity contribution is 6.31. The summed E-state index contributed by atoms with van der Waals surface area (Å²) in [7, 11) is 1.74. The number of anilines is 1. The molecule has 1 N–H and O–H groups in total. The lowest BCUT2D eigenvalue weighted by Crippen LogP contribution is -2.13. The third-order valence-corrected chi connectivity index (χ3v) is 3.48. The molecule has 0 saturated heterocycles. The van der Waals surface area contributed by atoms with Crippen molar-refractivity contribution in [2.75, 3.05) is 12.4 Å². The van der Waals surface area contributed by atoms with E-state index in [2.05, 4.69) is 30.5 Å². The maximum absolute atomic E-state index is 6.17. The van der Waals surface area contributed by atoms with Crippen LogP contribution in [0.5, 0.6) is 0 Å². The van der Waals surface area contributed by atoms with Gasteiger partial charge in [0.2, 0.25) is 5.95 Å². The molecular formula is C12H13ClN8. The number of hydrogen-bond donors (Lipinski definition) is 1. The lowest BCUT2D eigenvalue weighted by molar-refractivity contribution is 0.731. The Balaban J connectivity index is 2.18. The second-order valence-electron chi connectivity index (χ2n) is 4.36. The first kappa shape index (κ1) is 13.5. The molecule has 0 fully saturated rings. The summed E-state index contributed by atoms with van der Waals surface area (Å²) in [6.45, 7) is 3.69. The van der Waals surface area contributed by atoms with Gasteiger partial charge in [-0.1, -0.05) is 11.6 Å². The van der Waals surface area contributed by atoms with Gasteiger partial charge in [-0.05, 0) is 19.9 Å². The standard InChI is InChI=1S/C12H13ClN8/c1-7-9(13)8(2)21(19-7)12-17-10(14-3)16-11(18-12)20-6-4-5-15-20/h4-6H,1-3H3,(H,14,16,17,18). The van der Waals surface area contributed by atoms with Crippen molar-refractivity contribution >= 4 is 17.5 Å². The van der Waals surface area contributed by atoms with E-state index in [1.165, 1.54) is 0 Å². The number of aromatic nitrogens is 7. The Kier molecular flexibility index (Phi) is 3.30. The van der Waals surface area contributed by atoms with E-state index in [0.29, 0.717) is 22.9 Å². The van der Waals surface area contributed by atoms with Crippen molar-refractivity contribution in [2.45, 2.75) is 13.8 Å². The van der Waals surface area contributed by atoms with Crippen LogP contribution >= 0.6 is 11.6 Å². The van der Waals surface area contributed by atoms with Crippen LogP contribution in [0, 0.1) is 13.8 Å². The summed E-state index contributed by atoms with van der Waals surface area (Å²) in [4.78, 5) is 13.0. The van der Waals surface area contributed by atoms with E-state index in [1.807, 2.05) is 13.8 Å². The molecule has 21 heavy (non-hydrogen) atoms. The lowest BCUT2D eigenvalue weighted by atomic mass is 10.4. The van der Waals surface area contributed by atoms with Crippen LogP contribution in [0.4, 0.5) is 5.95 Å². The van der Waals surface area contributed by atoms with Gasteiger partial charge in [0, 0.05) is 19.4 Å². The van der Waals surface area contributed by atoms with Crippen molar-refractivity contribution < 1.29 is 0 Å². The minimum absolute atomic E-state index is 0.382. The molecule has 0 aliphatic heterocycles. The van der Waals surface area contributed by atoms with Gasteiger partial charge < -0.3 is 5.32 Å². The van der Waals surface area contributed by atoms with E-state index in [9.17, 15) is 0 Å². The smallest absolute Gasteiger partial charge is 0.257 e. The Labute approximate surface area is 125 Å². The predicted octanol–water partition coefficient (Wildman–Crippen LogP) is 1.55.